The minimum Gasteiger partial charge on any atom is -0.433 e. The summed E-state index contributed by atoms with van der Waals surface area (Å²) in [5.74, 6) is 2.59. The highest BCUT2D eigenvalue weighted by molar-refractivity contribution is 7.92. The molecule has 2 saturated carbocycles. The number of rotatable bonds is 6. The van der Waals surface area contributed by atoms with Crippen LogP contribution in [0.3, 0.4) is 0 Å². The highest BCUT2D eigenvalue weighted by Crippen LogP contribution is 2.64. The molecule has 0 N–H and O–H groups in total. The fourth-order valence-electron chi connectivity index (χ4n) is 7.03. The molecule has 2 aromatic heterocycles. The van der Waals surface area contributed by atoms with Crippen molar-refractivity contribution in [3.8, 4) is 17.0 Å². The Labute approximate surface area is 204 Å². The van der Waals surface area contributed by atoms with Gasteiger partial charge in [0.2, 0.25) is 0 Å². The number of hydrogen-bond donors (Lipinski definition) is 0. The quantitative estimate of drug-likeness (QED) is 0.586. The molecular weight excluding hydrogens is 474 g/mol. The number of ether oxygens (including phenoxy) is 1. The molecule has 1 spiro atoms. The van der Waals surface area contributed by atoms with Crippen LogP contribution in [0.2, 0.25) is 0 Å². The first kappa shape index (κ1) is 23.3. The summed E-state index contributed by atoms with van der Waals surface area (Å²) in [7, 11) is -2.77. The van der Waals surface area contributed by atoms with Crippen molar-refractivity contribution >= 4 is 9.84 Å². The van der Waals surface area contributed by atoms with Crippen molar-refractivity contribution in [1.82, 2.24) is 19.7 Å². The molecule has 0 amide bonds. The Morgan fingerprint density at radius 1 is 1.09 bits per heavy atom. The molecule has 0 aromatic carbocycles. The second-order valence-corrected chi connectivity index (χ2v) is 13.4. The lowest BCUT2D eigenvalue weighted by Crippen LogP contribution is -2.55. The number of aromatic nitrogens is 3. The molecule has 4 aliphatic rings. The summed E-state index contributed by atoms with van der Waals surface area (Å²) < 4.78 is 55.2. The molecule has 0 unspecified atom stereocenters. The van der Waals surface area contributed by atoms with Crippen LogP contribution in [-0.2, 0) is 9.84 Å². The van der Waals surface area contributed by atoms with Crippen molar-refractivity contribution in [2.75, 3.05) is 24.6 Å². The first-order chi connectivity index (χ1) is 16.6. The fraction of sp³-hybridized carbons (Fsp3) is 0.680. The Kier molecular flexibility index (Phi) is 5.49. The van der Waals surface area contributed by atoms with Crippen molar-refractivity contribution in [3.05, 3.63) is 30.2 Å². The number of sulfone groups is 1. The summed E-state index contributed by atoms with van der Waals surface area (Å²) in [5.41, 5.74) is 2.69. The second-order valence-electron chi connectivity index (χ2n) is 11.3. The van der Waals surface area contributed by atoms with Crippen molar-refractivity contribution in [1.29, 1.82) is 0 Å². The Bertz CT molecular complexity index is 1200. The van der Waals surface area contributed by atoms with Crippen LogP contribution in [-0.4, -0.2) is 65.3 Å². The highest BCUT2D eigenvalue weighted by Gasteiger charge is 2.59. The van der Waals surface area contributed by atoms with Gasteiger partial charge in [-0.15, -0.1) is 0 Å². The lowest BCUT2D eigenvalue weighted by molar-refractivity contribution is -0.0500. The molecule has 35 heavy (non-hydrogen) atoms. The molecule has 2 saturated heterocycles. The molecule has 2 aromatic rings. The zero-order valence-corrected chi connectivity index (χ0v) is 20.9. The molecule has 0 radical (unpaired) electrons. The number of nitrogens with zero attached hydrogens (tertiary/aromatic N) is 4. The number of likely N-dealkylation sites (tertiary alicyclic amines) is 1. The summed E-state index contributed by atoms with van der Waals surface area (Å²) in [4.78, 5) is 6.66. The lowest BCUT2D eigenvalue weighted by atomic mass is 9.80. The standard InChI is InChI=1S/C25H32F2N4O3S/c1-15(2)31-22(10-21(29-31)16-7-18(12-28-11-16)34-24(26)27)23-19-8-17(9-20(19)23)30-5-3-25(4-6-30)13-35(32,33)14-25/h7,10-12,15,17,19-20,23-24H,3-6,8-9,13-14H2,1-2H3/t17-,19-,20+,23+. The van der Waals surface area contributed by atoms with E-state index in [1.54, 1.807) is 12.3 Å². The van der Waals surface area contributed by atoms with Gasteiger partial charge in [-0.25, -0.2) is 8.42 Å². The SMILES string of the molecule is CC(C)n1nc(-c2cncc(OC(F)F)c2)cc1[C@H]1[C@@H]2C[C@@H](N3CCC4(CC3)CS(=O)(=O)C4)C[C@@H]21. The van der Waals surface area contributed by atoms with Crippen molar-refractivity contribution in [2.24, 2.45) is 17.3 Å². The summed E-state index contributed by atoms with van der Waals surface area (Å²) in [6, 6.07) is 4.46. The van der Waals surface area contributed by atoms with Crippen LogP contribution in [0.15, 0.2) is 24.5 Å². The molecule has 4 fully saturated rings. The van der Waals surface area contributed by atoms with E-state index in [1.165, 1.54) is 24.7 Å². The third-order valence-corrected chi connectivity index (χ3v) is 10.8. The van der Waals surface area contributed by atoms with Gasteiger partial charge in [0, 0.05) is 40.9 Å². The van der Waals surface area contributed by atoms with Crippen LogP contribution >= 0.6 is 0 Å². The first-order valence-corrected chi connectivity index (χ1v) is 14.4. The van der Waals surface area contributed by atoms with E-state index in [-0.39, 0.29) is 17.2 Å². The van der Waals surface area contributed by atoms with Crippen molar-refractivity contribution < 1.29 is 21.9 Å². The number of halogens is 2. The normalized spacial score (nSPS) is 31.0. The van der Waals surface area contributed by atoms with Crippen LogP contribution < -0.4 is 4.74 Å². The largest absolute Gasteiger partial charge is 0.433 e. The van der Waals surface area contributed by atoms with Crippen LogP contribution in [0.5, 0.6) is 5.75 Å². The Morgan fingerprint density at radius 3 is 2.37 bits per heavy atom. The average Bonchev–Trinajstić information content (AvgIpc) is 3.13. The van der Waals surface area contributed by atoms with Crippen LogP contribution in [0.25, 0.3) is 11.3 Å². The van der Waals surface area contributed by atoms with E-state index in [4.69, 9.17) is 5.10 Å². The van der Waals surface area contributed by atoms with Gasteiger partial charge in [0.1, 0.15) is 5.75 Å². The van der Waals surface area contributed by atoms with Gasteiger partial charge in [-0.3, -0.25) is 9.67 Å². The molecule has 4 atom stereocenters. The molecular formula is C25H32F2N4O3S. The maximum atomic E-state index is 12.6. The summed E-state index contributed by atoms with van der Waals surface area (Å²) >= 11 is 0. The second kappa shape index (κ2) is 8.23. The summed E-state index contributed by atoms with van der Waals surface area (Å²) in [6.45, 7) is 3.37. The van der Waals surface area contributed by atoms with E-state index in [0.29, 0.717) is 40.9 Å². The molecule has 6 rings (SSSR count). The average molecular weight is 507 g/mol. The summed E-state index contributed by atoms with van der Waals surface area (Å²) in [6.07, 6.45) is 7.29. The first-order valence-electron chi connectivity index (χ1n) is 12.6. The van der Waals surface area contributed by atoms with Crippen molar-refractivity contribution in [2.45, 2.75) is 64.1 Å². The number of hydrogen-bond acceptors (Lipinski definition) is 6. The van der Waals surface area contributed by atoms with E-state index < -0.39 is 16.4 Å². The molecule has 10 heteroatoms. The van der Waals surface area contributed by atoms with Gasteiger partial charge in [0.15, 0.2) is 9.84 Å². The van der Waals surface area contributed by atoms with E-state index in [1.807, 2.05) is 0 Å². The maximum absolute atomic E-state index is 12.6. The molecule has 2 aliphatic heterocycles. The zero-order valence-electron chi connectivity index (χ0n) is 20.1. The molecule has 2 aliphatic carbocycles. The van der Waals surface area contributed by atoms with Gasteiger partial charge in [-0.2, -0.15) is 13.9 Å². The molecule has 4 heterocycles. The Hall–Kier alpha value is -2.07. The topological polar surface area (TPSA) is 77.3 Å². The van der Waals surface area contributed by atoms with Gasteiger partial charge < -0.3 is 9.64 Å². The fourth-order valence-corrected chi connectivity index (χ4v) is 9.39. The van der Waals surface area contributed by atoms with Gasteiger partial charge >= 0.3 is 6.61 Å². The Morgan fingerprint density at radius 2 is 1.77 bits per heavy atom. The predicted molar refractivity (Wildman–Crippen MR) is 127 cm³/mol. The van der Waals surface area contributed by atoms with E-state index in [2.05, 4.69) is 39.2 Å². The van der Waals surface area contributed by atoms with Gasteiger partial charge in [-0.1, -0.05) is 0 Å². The van der Waals surface area contributed by atoms with Crippen molar-refractivity contribution in [3.63, 3.8) is 0 Å². The third-order valence-electron chi connectivity index (χ3n) is 8.68. The summed E-state index contributed by atoms with van der Waals surface area (Å²) in [5, 5.41) is 4.82. The highest BCUT2D eigenvalue weighted by atomic mass is 32.2. The van der Waals surface area contributed by atoms with Gasteiger partial charge in [0.05, 0.1) is 23.4 Å². The van der Waals surface area contributed by atoms with E-state index >= 15 is 0 Å². The minimum atomic E-state index is -2.89. The number of pyridine rings is 1. The van der Waals surface area contributed by atoms with Crippen LogP contribution in [0.1, 0.15) is 57.2 Å². The van der Waals surface area contributed by atoms with Gasteiger partial charge in [-0.05, 0) is 76.6 Å². The number of piperidine rings is 1. The predicted octanol–water partition coefficient (Wildman–Crippen LogP) is 4.13. The molecule has 7 nitrogen and oxygen atoms in total. The van der Waals surface area contributed by atoms with Crippen LogP contribution in [0.4, 0.5) is 8.78 Å². The molecule has 0 bridgehead atoms. The van der Waals surface area contributed by atoms with Crippen LogP contribution in [0, 0.1) is 17.3 Å². The van der Waals surface area contributed by atoms with Gasteiger partial charge in [0.25, 0.3) is 0 Å². The lowest BCUT2D eigenvalue weighted by Gasteiger charge is -2.48. The van der Waals surface area contributed by atoms with E-state index in [9.17, 15) is 17.2 Å². The number of alkyl halides is 2. The third kappa shape index (κ3) is 4.26. The molecule has 190 valence electrons. The minimum absolute atomic E-state index is 0.0343. The van der Waals surface area contributed by atoms with E-state index in [0.717, 1.165) is 31.6 Å². The Balaban J connectivity index is 1.13. The number of fused-ring (bicyclic) bond motifs is 1. The monoisotopic (exact) mass is 506 g/mol. The zero-order chi connectivity index (χ0) is 24.5. The maximum Gasteiger partial charge on any atom is 0.387 e. The smallest absolute Gasteiger partial charge is 0.387 e.